The van der Waals surface area contributed by atoms with E-state index in [0.717, 1.165) is 11.3 Å². The second-order valence-corrected chi connectivity index (χ2v) is 6.98. The number of aliphatic imine (C=N–C) groups is 1. The van der Waals surface area contributed by atoms with Crippen LogP contribution in [0.4, 0.5) is 4.79 Å². The predicted octanol–water partition coefficient (Wildman–Crippen LogP) is 1.25. The summed E-state index contributed by atoms with van der Waals surface area (Å²) in [7, 11) is 1.63. The number of halogens is 1. The van der Waals surface area contributed by atoms with Gasteiger partial charge < -0.3 is 0 Å². The van der Waals surface area contributed by atoms with Crippen molar-refractivity contribution in [3.8, 4) is 0 Å². The SMILES string of the molecule is CC1=NNC2=[N+](C1C)C1C(=O)N(Cc3cccc(Cl)c3)C(=O)N(C)C1=N2. The van der Waals surface area contributed by atoms with Crippen LogP contribution < -0.4 is 5.43 Å². The number of likely N-dealkylation sites (N-methyl/N-ethyl adjacent to an activating group) is 1. The minimum absolute atomic E-state index is 0.101. The number of nitrogens with one attached hydrogen (secondary N) is 1. The summed E-state index contributed by atoms with van der Waals surface area (Å²) in [5.41, 5.74) is 4.50. The van der Waals surface area contributed by atoms with E-state index in [9.17, 15) is 9.59 Å². The number of carbonyl (C=O) groups excluding carboxylic acids is 2. The Morgan fingerprint density at radius 3 is 2.85 bits per heavy atom. The Morgan fingerprint density at radius 1 is 1.35 bits per heavy atom. The van der Waals surface area contributed by atoms with Gasteiger partial charge in [0, 0.05) is 12.1 Å². The zero-order chi connectivity index (χ0) is 18.6. The van der Waals surface area contributed by atoms with Gasteiger partial charge in [-0.1, -0.05) is 28.7 Å². The second-order valence-electron chi connectivity index (χ2n) is 6.54. The molecule has 0 bridgehead atoms. The number of hydrogen-bond donors (Lipinski definition) is 1. The zero-order valence-corrected chi connectivity index (χ0v) is 15.4. The number of urea groups is 1. The number of carbonyl (C=O) groups is 2. The molecule has 0 aliphatic carbocycles. The van der Waals surface area contributed by atoms with Gasteiger partial charge in [0.2, 0.25) is 11.9 Å². The van der Waals surface area contributed by atoms with Gasteiger partial charge in [0.15, 0.2) is 0 Å². The highest BCUT2D eigenvalue weighted by Gasteiger charge is 2.54. The second kappa shape index (κ2) is 5.91. The van der Waals surface area contributed by atoms with Gasteiger partial charge in [0.05, 0.1) is 12.3 Å². The molecule has 0 saturated carbocycles. The van der Waals surface area contributed by atoms with E-state index in [4.69, 9.17) is 11.6 Å². The number of imide groups is 1. The fourth-order valence-corrected chi connectivity index (χ4v) is 3.58. The first-order chi connectivity index (χ1) is 12.4. The maximum atomic E-state index is 13.2. The first kappa shape index (κ1) is 16.7. The molecule has 0 aromatic heterocycles. The van der Waals surface area contributed by atoms with Crippen molar-refractivity contribution >= 4 is 41.0 Å². The molecule has 1 aromatic carbocycles. The summed E-state index contributed by atoms with van der Waals surface area (Å²) in [5, 5.41) is 4.78. The number of amidine groups is 1. The van der Waals surface area contributed by atoms with Gasteiger partial charge in [-0.25, -0.2) is 9.37 Å². The van der Waals surface area contributed by atoms with E-state index in [1.807, 2.05) is 24.5 Å². The molecule has 3 heterocycles. The van der Waals surface area contributed by atoms with Crippen molar-refractivity contribution in [2.45, 2.75) is 32.5 Å². The van der Waals surface area contributed by atoms with Crippen molar-refractivity contribution in [2.24, 2.45) is 10.1 Å². The van der Waals surface area contributed by atoms with Crippen LogP contribution in [-0.4, -0.2) is 63.0 Å². The Bertz CT molecular complexity index is 922. The van der Waals surface area contributed by atoms with Crippen LogP contribution in [0.1, 0.15) is 19.4 Å². The minimum atomic E-state index is -0.653. The van der Waals surface area contributed by atoms with Crippen LogP contribution in [0, 0.1) is 0 Å². The lowest BCUT2D eigenvalue weighted by Crippen LogP contribution is -2.64. The van der Waals surface area contributed by atoms with E-state index < -0.39 is 12.1 Å². The van der Waals surface area contributed by atoms with Crippen LogP contribution in [0.15, 0.2) is 34.4 Å². The third-order valence-electron chi connectivity index (χ3n) is 4.93. The standard InChI is InChI=1S/C17H17ClN6O2/c1-9-10(2)24-13-14(19-16(24)21-20-9)22(3)17(26)23(15(13)25)8-11-5-4-6-12(18)7-11/h4-7,10,13H,8H2,1-3H3/p+1. The number of guanidine groups is 1. The Kier molecular flexibility index (Phi) is 3.80. The van der Waals surface area contributed by atoms with E-state index in [1.165, 1.54) is 9.80 Å². The van der Waals surface area contributed by atoms with Crippen molar-refractivity contribution in [1.82, 2.24) is 15.2 Å². The van der Waals surface area contributed by atoms with Crippen molar-refractivity contribution in [1.29, 1.82) is 0 Å². The molecule has 8 nitrogen and oxygen atoms in total. The largest absolute Gasteiger partial charge is 0.414 e. The predicted molar refractivity (Wildman–Crippen MR) is 97.4 cm³/mol. The molecule has 1 N–H and O–H groups in total. The number of hydrogen-bond acceptors (Lipinski definition) is 5. The average Bonchev–Trinajstić information content (AvgIpc) is 3.01. The van der Waals surface area contributed by atoms with Crippen molar-refractivity contribution in [2.75, 3.05) is 7.05 Å². The maximum Gasteiger partial charge on any atom is 0.414 e. The summed E-state index contributed by atoms with van der Waals surface area (Å²) < 4.78 is 1.87. The van der Waals surface area contributed by atoms with Gasteiger partial charge in [-0.3, -0.25) is 14.6 Å². The lowest BCUT2D eigenvalue weighted by Gasteiger charge is -2.35. The molecule has 1 fully saturated rings. The number of rotatable bonds is 2. The van der Waals surface area contributed by atoms with Crippen molar-refractivity contribution < 1.29 is 14.2 Å². The van der Waals surface area contributed by atoms with Crippen molar-refractivity contribution in [3.05, 3.63) is 34.9 Å². The van der Waals surface area contributed by atoms with E-state index in [0.29, 0.717) is 16.8 Å². The van der Waals surface area contributed by atoms with Gasteiger partial charge in [-0.15, -0.1) is 5.10 Å². The Balaban J connectivity index is 1.70. The Hall–Kier alpha value is -2.74. The maximum absolute atomic E-state index is 13.2. The zero-order valence-electron chi connectivity index (χ0n) is 14.6. The van der Waals surface area contributed by atoms with Gasteiger partial charge >= 0.3 is 12.0 Å². The quantitative estimate of drug-likeness (QED) is 0.792. The van der Waals surface area contributed by atoms with Crippen LogP contribution in [-0.2, 0) is 11.3 Å². The number of fused-ring (bicyclic) bond motifs is 2. The molecule has 0 radical (unpaired) electrons. The topological polar surface area (TPSA) is 80.4 Å². The molecule has 9 heteroatoms. The first-order valence-electron chi connectivity index (χ1n) is 8.26. The number of hydrazone groups is 1. The monoisotopic (exact) mass is 373 g/mol. The van der Waals surface area contributed by atoms with Crippen LogP contribution in [0.5, 0.6) is 0 Å². The van der Waals surface area contributed by atoms with Crippen LogP contribution in [0.3, 0.4) is 0 Å². The molecule has 4 rings (SSSR count). The van der Waals surface area contributed by atoms with Crippen molar-refractivity contribution in [3.63, 3.8) is 0 Å². The van der Waals surface area contributed by atoms with E-state index >= 15 is 0 Å². The number of amides is 3. The van der Waals surface area contributed by atoms with Gasteiger partial charge in [0.25, 0.3) is 5.91 Å². The molecule has 3 aliphatic heterocycles. The molecule has 134 valence electrons. The highest BCUT2D eigenvalue weighted by Crippen LogP contribution is 2.24. The summed E-state index contributed by atoms with van der Waals surface area (Å²) in [6.45, 7) is 4.01. The molecule has 3 amide bonds. The number of nitrogens with zero attached hydrogens (tertiary/aromatic N) is 5. The fourth-order valence-electron chi connectivity index (χ4n) is 3.37. The molecule has 2 unspecified atom stereocenters. The van der Waals surface area contributed by atoms with Gasteiger partial charge in [-0.05, 0) is 31.5 Å². The molecule has 26 heavy (non-hydrogen) atoms. The highest BCUT2D eigenvalue weighted by atomic mass is 35.5. The minimum Gasteiger partial charge on any atom is -0.270 e. The van der Waals surface area contributed by atoms with Crippen LogP contribution in [0.2, 0.25) is 5.02 Å². The molecular formula is C17H18ClN6O2+. The van der Waals surface area contributed by atoms with Gasteiger partial charge in [0.1, 0.15) is 6.04 Å². The fraction of sp³-hybridized carbons (Fsp3) is 0.353. The molecule has 1 saturated heterocycles. The Labute approximate surface area is 155 Å². The normalized spacial score (nSPS) is 24.9. The summed E-state index contributed by atoms with van der Waals surface area (Å²) in [4.78, 5) is 33.1. The lowest BCUT2D eigenvalue weighted by molar-refractivity contribution is -0.555. The van der Waals surface area contributed by atoms with Crippen LogP contribution >= 0.6 is 11.6 Å². The number of benzene rings is 1. The third kappa shape index (κ3) is 2.40. The highest BCUT2D eigenvalue weighted by molar-refractivity contribution is 6.30. The molecular weight excluding hydrogens is 356 g/mol. The lowest BCUT2D eigenvalue weighted by atomic mass is 10.1. The molecule has 0 spiro atoms. The van der Waals surface area contributed by atoms with E-state index in [1.54, 1.807) is 25.2 Å². The molecule has 1 aromatic rings. The molecule has 3 aliphatic rings. The summed E-state index contributed by atoms with van der Waals surface area (Å²) >= 11 is 6.03. The first-order valence-corrected chi connectivity index (χ1v) is 8.64. The summed E-state index contributed by atoms with van der Waals surface area (Å²) in [6.07, 6.45) is 0. The van der Waals surface area contributed by atoms with Gasteiger partial charge in [-0.2, -0.15) is 5.43 Å². The average molecular weight is 374 g/mol. The van der Waals surface area contributed by atoms with E-state index in [-0.39, 0.29) is 18.5 Å². The smallest absolute Gasteiger partial charge is 0.270 e. The van der Waals surface area contributed by atoms with Crippen LogP contribution in [0.25, 0.3) is 0 Å². The third-order valence-corrected chi connectivity index (χ3v) is 5.17. The van der Waals surface area contributed by atoms with E-state index in [2.05, 4.69) is 15.5 Å². The Morgan fingerprint density at radius 2 is 2.12 bits per heavy atom. The molecule has 2 atom stereocenters. The summed E-state index contributed by atoms with van der Waals surface area (Å²) in [6, 6.07) is 5.98. The summed E-state index contributed by atoms with van der Waals surface area (Å²) in [5.74, 6) is 0.604.